The first-order valence-electron chi connectivity index (χ1n) is 8.05. The number of anilines is 1. The minimum absolute atomic E-state index is 0.351. The number of urea groups is 1. The Labute approximate surface area is 156 Å². The summed E-state index contributed by atoms with van der Waals surface area (Å²) in [5, 5.41) is 3.03. The number of likely N-dealkylation sites (N-methyl/N-ethyl adjacent to an activating group) is 1. The van der Waals surface area contributed by atoms with Crippen molar-refractivity contribution in [1.29, 1.82) is 0 Å². The van der Waals surface area contributed by atoms with Crippen LogP contribution in [0.1, 0.15) is 12.5 Å². The van der Waals surface area contributed by atoms with Gasteiger partial charge in [-0.2, -0.15) is 0 Å². The van der Waals surface area contributed by atoms with Gasteiger partial charge in [-0.15, -0.1) is 0 Å². The maximum Gasteiger partial charge on any atom is 0.325 e. The second-order valence-corrected chi connectivity index (χ2v) is 6.62. The minimum atomic E-state index is -1.30. The van der Waals surface area contributed by atoms with Crippen LogP contribution in [0.2, 0.25) is 5.02 Å². The molecule has 1 N–H and O–H groups in total. The molecule has 3 rings (SSSR count). The number of imide groups is 1. The molecule has 1 heterocycles. The van der Waals surface area contributed by atoms with Gasteiger partial charge in [0.2, 0.25) is 5.91 Å². The highest BCUT2D eigenvalue weighted by Crippen LogP contribution is 2.33. The van der Waals surface area contributed by atoms with Crippen molar-refractivity contribution in [2.45, 2.75) is 12.5 Å². The van der Waals surface area contributed by atoms with Crippen LogP contribution in [0.15, 0.2) is 54.6 Å². The SMILES string of the molecule is CN(C(=O)CN1C(=O)N[C@](C)(c2ccccc2Cl)C1=O)c1ccccc1. The fourth-order valence-electron chi connectivity index (χ4n) is 2.93. The van der Waals surface area contributed by atoms with Crippen LogP contribution >= 0.6 is 11.6 Å². The highest BCUT2D eigenvalue weighted by Gasteiger charge is 2.50. The lowest BCUT2D eigenvalue weighted by Crippen LogP contribution is -2.43. The zero-order valence-electron chi connectivity index (χ0n) is 14.4. The molecule has 6 nitrogen and oxygen atoms in total. The molecule has 0 aliphatic carbocycles. The number of nitrogens with one attached hydrogen (secondary N) is 1. The number of para-hydroxylation sites is 1. The number of halogens is 1. The summed E-state index contributed by atoms with van der Waals surface area (Å²) in [7, 11) is 1.60. The molecule has 1 atom stereocenters. The lowest BCUT2D eigenvalue weighted by molar-refractivity contribution is -0.134. The molecule has 0 radical (unpaired) electrons. The number of amides is 4. The van der Waals surface area contributed by atoms with Crippen molar-refractivity contribution in [3.63, 3.8) is 0 Å². The molecule has 1 fully saturated rings. The Morgan fingerprint density at radius 2 is 1.73 bits per heavy atom. The van der Waals surface area contributed by atoms with Gasteiger partial charge in [-0.3, -0.25) is 14.5 Å². The van der Waals surface area contributed by atoms with Gasteiger partial charge in [0.1, 0.15) is 12.1 Å². The van der Waals surface area contributed by atoms with E-state index in [1.807, 2.05) is 6.07 Å². The standard InChI is InChI=1S/C19H18ClN3O3/c1-19(14-10-6-7-11-15(14)20)17(25)23(18(26)21-19)12-16(24)22(2)13-8-4-3-5-9-13/h3-11H,12H2,1-2H3,(H,21,26)/t19-/m1/s1. The minimum Gasteiger partial charge on any atom is -0.319 e. The van der Waals surface area contributed by atoms with Crippen molar-refractivity contribution >= 4 is 35.1 Å². The van der Waals surface area contributed by atoms with Crippen LogP contribution in [0.5, 0.6) is 0 Å². The summed E-state index contributed by atoms with van der Waals surface area (Å²) >= 11 is 6.19. The van der Waals surface area contributed by atoms with Gasteiger partial charge < -0.3 is 10.2 Å². The number of carbonyl (C=O) groups excluding carboxylic acids is 3. The third kappa shape index (κ3) is 3.04. The summed E-state index contributed by atoms with van der Waals surface area (Å²) in [5.74, 6) is -0.881. The number of benzene rings is 2. The van der Waals surface area contributed by atoms with Crippen molar-refractivity contribution in [2.75, 3.05) is 18.5 Å². The normalized spacial score (nSPS) is 19.4. The van der Waals surface area contributed by atoms with Gasteiger partial charge in [0.15, 0.2) is 0 Å². The predicted molar refractivity (Wildman–Crippen MR) is 98.9 cm³/mol. The number of rotatable bonds is 4. The third-order valence-corrected chi connectivity index (χ3v) is 4.83. The fraction of sp³-hybridized carbons (Fsp3) is 0.211. The Morgan fingerprint density at radius 1 is 1.12 bits per heavy atom. The van der Waals surface area contributed by atoms with Crippen LogP contribution in [0.3, 0.4) is 0 Å². The lowest BCUT2D eigenvalue weighted by Gasteiger charge is -2.24. The van der Waals surface area contributed by atoms with Crippen molar-refractivity contribution in [3.05, 3.63) is 65.2 Å². The molecular weight excluding hydrogens is 354 g/mol. The van der Waals surface area contributed by atoms with E-state index in [2.05, 4.69) is 5.32 Å². The van der Waals surface area contributed by atoms with Crippen LogP contribution in [-0.2, 0) is 15.1 Å². The van der Waals surface area contributed by atoms with Gasteiger partial charge in [-0.25, -0.2) is 4.79 Å². The molecule has 1 aliphatic heterocycles. The topological polar surface area (TPSA) is 69.7 Å². The van der Waals surface area contributed by atoms with E-state index in [1.54, 1.807) is 62.5 Å². The second kappa shape index (κ2) is 6.80. The van der Waals surface area contributed by atoms with E-state index in [0.29, 0.717) is 16.3 Å². The molecule has 1 aliphatic rings. The van der Waals surface area contributed by atoms with E-state index < -0.39 is 17.5 Å². The van der Waals surface area contributed by atoms with Crippen LogP contribution < -0.4 is 10.2 Å². The predicted octanol–water partition coefficient (Wildman–Crippen LogP) is 2.77. The summed E-state index contributed by atoms with van der Waals surface area (Å²) in [6, 6.07) is 15.2. The molecular formula is C19H18ClN3O3. The van der Waals surface area contributed by atoms with Crippen LogP contribution in [0, 0.1) is 0 Å². The monoisotopic (exact) mass is 371 g/mol. The fourth-order valence-corrected chi connectivity index (χ4v) is 3.25. The molecule has 2 aromatic carbocycles. The maximum absolute atomic E-state index is 12.9. The molecule has 4 amide bonds. The van der Waals surface area contributed by atoms with Crippen molar-refractivity contribution in [3.8, 4) is 0 Å². The van der Waals surface area contributed by atoms with Crippen LogP contribution in [0.4, 0.5) is 10.5 Å². The highest BCUT2D eigenvalue weighted by molar-refractivity contribution is 6.32. The second-order valence-electron chi connectivity index (χ2n) is 6.21. The first kappa shape index (κ1) is 17.9. The smallest absolute Gasteiger partial charge is 0.319 e. The number of hydrogen-bond acceptors (Lipinski definition) is 3. The van der Waals surface area contributed by atoms with Gasteiger partial charge in [-0.1, -0.05) is 48.0 Å². The molecule has 134 valence electrons. The highest BCUT2D eigenvalue weighted by atomic mass is 35.5. The Hall–Kier alpha value is -2.86. The quantitative estimate of drug-likeness (QED) is 0.840. The van der Waals surface area contributed by atoms with Crippen LogP contribution in [-0.4, -0.2) is 36.3 Å². The van der Waals surface area contributed by atoms with E-state index in [4.69, 9.17) is 11.6 Å². The molecule has 0 spiro atoms. The van der Waals surface area contributed by atoms with Crippen molar-refractivity contribution in [1.82, 2.24) is 10.2 Å². The average Bonchev–Trinajstić information content (AvgIpc) is 2.86. The third-order valence-electron chi connectivity index (χ3n) is 4.50. The number of carbonyl (C=O) groups is 3. The Bertz CT molecular complexity index is 871. The molecule has 0 bridgehead atoms. The van der Waals surface area contributed by atoms with Gasteiger partial charge in [0, 0.05) is 23.3 Å². The van der Waals surface area contributed by atoms with E-state index in [0.717, 1.165) is 4.90 Å². The Morgan fingerprint density at radius 3 is 2.38 bits per heavy atom. The molecule has 7 heteroatoms. The first-order valence-corrected chi connectivity index (χ1v) is 8.43. The number of hydrogen-bond donors (Lipinski definition) is 1. The van der Waals surface area contributed by atoms with Gasteiger partial charge in [0.25, 0.3) is 5.91 Å². The van der Waals surface area contributed by atoms with Gasteiger partial charge >= 0.3 is 6.03 Å². The molecule has 0 aromatic heterocycles. The summed E-state index contributed by atoms with van der Waals surface area (Å²) < 4.78 is 0. The van der Waals surface area contributed by atoms with Crippen LogP contribution in [0.25, 0.3) is 0 Å². The van der Waals surface area contributed by atoms with E-state index in [9.17, 15) is 14.4 Å². The van der Waals surface area contributed by atoms with Gasteiger partial charge in [0.05, 0.1) is 0 Å². The number of nitrogens with zero attached hydrogens (tertiary/aromatic N) is 2. The van der Waals surface area contributed by atoms with Crippen molar-refractivity contribution < 1.29 is 14.4 Å². The zero-order chi connectivity index (χ0) is 18.9. The van der Waals surface area contributed by atoms with E-state index >= 15 is 0 Å². The molecule has 26 heavy (non-hydrogen) atoms. The molecule has 2 aromatic rings. The molecule has 1 saturated heterocycles. The average molecular weight is 372 g/mol. The Kier molecular flexibility index (Phi) is 4.70. The lowest BCUT2D eigenvalue weighted by atomic mass is 9.92. The largest absolute Gasteiger partial charge is 0.325 e. The van der Waals surface area contributed by atoms with Gasteiger partial charge in [-0.05, 0) is 25.1 Å². The summed E-state index contributed by atoms with van der Waals surface area (Å²) in [4.78, 5) is 40.1. The molecule has 0 saturated carbocycles. The van der Waals surface area contributed by atoms with Crippen molar-refractivity contribution in [2.24, 2.45) is 0 Å². The summed E-state index contributed by atoms with van der Waals surface area (Å²) in [6.07, 6.45) is 0. The van der Waals surface area contributed by atoms with E-state index in [1.165, 1.54) is 4.90 Å². The first-order chi connectivity index (χ1) is 12.3. The molecule has 0 unspecified atom stereocenters. The summed E-state index contributed by atoms with van der Waals surface area (Å²) in [6.45, 7) is 1.23. The zero-order valence-corrected chi connectivity index (χ0v) is 15.2. The Balaban J connectivity index is 1.82. The maximum atomic E-state index is 12.9. The van der Waals surface area contributed by atoms with E-state index in [-0.39, 0.29) is 12.5 Å². The summed E-state index contributed by atoms with van der Waals surface area (Å²) in [5.41, 5.74) is -0.133.